The summed E-state index contributed by atoms with van der Waals surface area (Å²) in [5.74, 6) is -0.521. The Morgan fingerprint density at radius 3 is 2.22 bits per heavy atom. The summed E-state index contributed by atoms with van der Waals surface area (Å²) in [5.41, 5.74) is 3.14. The Labute approximate surface area is 159 Å². The van der Waals surface area contributed by atoms with Gasteiger partial charge in [0.2, 0.25) is 0 Å². The van der Waals surface area contributed by atoms with E-state index in [2.05, 4.69) is 23.8 Å². The lowest BCUT2D eigenvalue weighted by Crippen LogP contribution is -2.22. The lowest BCUT2D eigenvalue weighted by molar-refractivity contribution is -0.114. The number of nitrogens with zero attached hydrogens (tertiary/aromatic N) is 3. The van der Waals surface area contributed by atoms with Crippen LogP contribution in [0.15, 0.2) is 65.3 Å². The minimum absolute atomic E-state index is 0.191. The first-order chi connectivity index (χ1) is 13.0. The number of amides is 1. The van der Waals surface area contributed by atoms with E-state index in [-0.39, 0.29) is 17.4 Å². The SMILES string of the molecule is CCN(CC)c1ccc(/C=C2\C(=O)N(c3ccccc3)N=C2C(C)=O)cc1. The Morgan fingerprint density at radius 1 is 1.04 bits per heavy atom. The molecule has 0 saturated heterocycles. The molecular formula is C22H23N3O2. The normalized spacial score (nSPS) is 15.2. The summed E-state index contributed by atoms with van der Waals surface area (Å²) in [7, 11) is 0. The first-order valence-corrected chi connectivity index (χ1v) is 9.11. The number of hydrazone groups is 1. The maximum absolute atomic E-state index is 12.9. The van der Waals surface area contributed by atoms with Crippen LogP contribution in [0.1, 0.15) is 26.3 Å². The first-order valence-electron chi connectivity index (χ1n) is 9.11. The summed E-state index contributed by atoms with van der Waals surface area (Å²) in [6.45, 7) is 7.53. The average molecular weight is 361 g/mol. The minimum atomic E-state index is -0.292. The molecule has 138 valence electrons. The van der Waals surface area contributed by atoms with Crippen molar-refractivity contribution in [2.24, 2.45) is 5.10 Å². The summed E-state index contributed by atoms with van der Waals surface area (Å²) in [5, 5.41) is 5.55. The second-order valence-electron chi connectivity index (χ2n) is 6.28. The Bertz CT molecular complexity index is 895. The van der Waals surface area contributed by atoms with Crippen LogP contribution < -0.4 is 9.91 Å². The van der Waals surface area contributed by atoms with E-state index in [0.717, 1.165) is 24.3 Å². The van der Waals surface area contributed by atoms with Gasteiger partial charge in [0.05, 0.1) is 11.3 Å². The van der Waals surface area contributed by atoms with Gasteiger partial charge >= 0.3 is 0 Å². The number of Topliss-reactive ketones (excluding diaryl/α,β-unsaturated/α-hetero) is 1. The number of carbonyl (C=O) groups is 2. The van der Waals surface area contributed by atoms with Crippen molar-refractivity contribution in [2.75, 3.05) is 23.0 Å². The fourth-order valence-corrected chi connectivity index (χ4v) is 3.09. The zero-order chi connectivity index (χ0) is 19.4. The third-order valence-electron chi connectivity index (χ3n) is 4.54. The number of carbonyl (C=O) groups excluding carboxylic acids is 2. The Hall–Kier alpha value is -3.21. The second kappa shape index (κ2) is 7.99. The van der Waals surface area contributed by atoms with Crippen LogP contribution in [0.3, 0.4) is 0 Å². The second-order valence-corrected chi connectivity index (χ2v) is 6.28. The van der Waals surface area contributed by atoms with Gasteiger partial charge in [-0.1, -0.05) is 30.3 Å². The van der Waals surface area contributed by atoms with Gasteiger partial charge in [-0.15, -0.1) is 0 Å². The molecule has 0 aromatic heterocycles. The molecule has 5 heteroatoms. The van der Waals surface area contributed by atoms with Crippen LogP contribution in [-0.4, -0.2) is 30.5 Å². The van der Waals surface area contributed by atoms with Gasteiger partial charge < -0.3 is 4.90 Å². The van der Waals surface area contributed by atoms with Crippen molar-refractivity contribution in [1.29, 1.82) is 0 Å². The summed E-state index contributed by atoms with van der Waals surface area (Å²) in [4.78, 5) is 27.2. The molecule has 0 unspecified atom stereocenters. The third-order valence-corrected chi connectivity index (χ3v) is 4.54. The zero-order valence-electron chi connectivity index (χ0n) is 15.8. The van der Waals surface area contributed by atoms with Crippen LogP contribution in [0.25, 0.3) is 6.08 Å². The van der Waals surface area contributed by atoms with Crippen LogP contribution >= 0.6 is 0 Å². The van der Waals surface area contributed by atoms with Crippen molar-refractivity contribution in [3.05, 3.63) is 65.7 Å². The van der Waals surface area contributed by atoms with Gasteiger partial charge in [-0.05, 0) is 49.8 Å². The highest BCUT2D eigenvalue weighted by Gasteiger charge is 2.33. The summed E-state index contributed by atoms with van der Waals surface area (Å²) < 4.78 is 0. The first kappa shape index (κ1) is 18.6. The molecule has 0 N–H and O–H groups in total. The van der Waals surface area contributed by atoms with Gasteiger partial charge in [0, 0.05) is 25.7 Å². The van der Waals surface area contributed by atoms with Gasteiger partial charge in [0.15, 0.2) is 5.78 Å². The van der Waals surface area contributed by atoms with Crippen molar-refractivity contribution >= 4 is 34.9 Å². The van der Waals surface area contributed by atoms with E-state index < -0.39 is 0 Å². The van der Waals surface area contributed by atoms with E-state index in [1.54, 1.807) is 18.2 Å². The minimum Gasteiger partial charge on any atom is -0.372 e. The standard InChI is InChI=1S/C22H23N3O2/c1-4-24(5-2)18-13-11-17(12-14-18)15-20-21(16(3)26)23-25(22(20)27)19-9-7-6-8-10-19/h6-15H,4-5H2,1-3H3/b20-15-. The van der Waals surface area contributed by atoms with E-state index in [1.165, 1.54) is 11.9 Å². The van der Waals surface area contributed by atoms with E-state index in [0.29, 0.717) is 11.3 Å². The van der Waals surface area contributed by atoms with Crippen LogP contribution in [0.5, 0.6) is 0 Å². The zero-order valence-corrected chi connectivity index (χ0v) is 15.8. The van der Waals surface area contributed by atoms with Gasteiger partial charge in [0.25, 0.3) is 5.91 Å². The molecule has 0 radical (unpaired) electrons. The molecule has 0 aliphatic carbocycles. The molecule has 1 heterocycles. The maximum Gasteiger partial charge on any atom is 0.281 e. The molecule has 0 fully saturated rings. The lowest BCUT2D eigenvalue weighted by atomic mass is 10.0. The van der Waals surface area contributed by atoms with Gasteiger partial charge in [-0.2, -0.15) is 10.1 Å². The Kier molecular flexibility index (Phi) is 5.50. The predicted octanol–water partition coefficient (Wildman–Crippen LogP) is 3.91. The topological polar surface area (TPSA) is 53.0 Å². The molecule has 27 heavy (non-hydrogen) atoms. The van der Waals surface area contributed by atoms with E-state index >= 15 is 0 Å². The van der Waals surface area contributed by atoms with Crippen molar-refractivity contribution in [3.8, 4) is 0 Å². The van der Waals surface area contributed by atoms with Crippen molar-refractivity contribution in [1.82, 2.24) is 0 Å². The monoisotopic (exact) mass is 361 g/mol. The van der Waals surface area contributed by atoms with Crippen molar-refractivity contribution in [3.63, 3.8) is 0 Å². The largest absolute Gasteiger partial charge is 0.372 e. The molecule has 1 aliphatic heterocycles. The third kappa shape index (κ3) is 3.82. The number of para-hydroxylation sites is 1. The molecule has 0 spiro atoms. The number of benzene rings is 2. The predicted molar refractivity (Wildman–Crippen MR) is 110 cm³/mol. The quantitative estimate of drug-likeness (QED) is 0.733. The van der Waals surface area contributed by atoms with Gasteiger partial charge in [0.1, 0.15) is 5.71 Å². The smallest absolute Gasteiger partial charge is 0.281 e. The van der Waals surface area contributed by atoms with Crippen LogP contribution in [0.2, 0.25) is 0 Å². The number of ketones is 1. The number of rotatable bonds is 6. The fraction of sp³-hybridized carbons (Fsp3) is 0.227. The molecular weight excluding hydrogens is 338 g/mol. The molecule has 0 bridgehead atoms. The van der Waals surface area contributed by atoms with E-state index in [9.17, 15) is 9.59 Å². The summed E-state index contributed by atoms with van der Waals surface area (Å²) in [6, 6.07) is 17.1. The Morgan fingerprint density at radius 2 is 1.67 bits per heavy atom. The van der Waals surface area contributed by atoms with Crippen molar-refractivity contribution < 1.29 is 9.59 Å². The maximum atomic E-state index is 12.9. The van der Waals surface area contributed by atoms with Crippen LogP contribution in [0.4, 0.5) is 11.4 Å². The number of anilines is 2. The summed E-state index contributed by atoms with van der Waals surface area (Å²) in [6.07, 6.45) is 1.73. The average Bonchev–Trinajstić information content (AvgIpc) is 3.01. The Balaban J connectivity index is 1.94. The van der Waals surface area contributed by atoms with Crippen molar-refractivity contribution in [2.45, 2.75) is 20.8 Å². The number of hydrogen-bond donors (Lipinski definition) is 0. The van der Waals surface area contributed by atoms with Crippen LogP contribution in [0, 0.1) is 0 Å². The lowest BCUT2D eigenvalue weighted by Gasteiger charge is -2.20. The molecule has 1 aliphatic rings. The van der Waals surface area contributed by atoms with Crippen LogP contribution in [-0.2, 0) is 9.59 Å². The van der Waals surface area contributed by atoms with Gasteiger partial charge in [-0.3, -0.25) is 9.59 Å². The molecule has 0 saturated carbocycles. The molecule has 3 rings (SSSR count). The summed E-state index contributed by atoms with van der Waals surface area (Å²) >= 11 is 0. The van der Waals surface area contributed by atoms with Gasteiger partial charge in [-0.25, -0.2) is 0 Å². The van der Waals surface area contributed by atoms with E-state index in [1.807, 2.05) is 42.5 Å². The van der Waals surface area contributed by atoms with E-state index in [4.69, 9.17) is 0 Å². The highest BCUT2D eigenvalue weighted by Crippen LogP contribution is 2.26. The fourth-order valence-electron chi connectivity index (χ4n) is 3.09. The molecule has 2 aromatic carbocycles. The molecule has 2 aromatic rings. The molecule has 1 amide bonds. The highest BCUT2D eigenvalue weighted by molar-refractivity contribution is 6.55. The highest BCUT2D eigenvalue weighted by atomic mass is 16.2. The number of hydrogen-bond acceptors (Lipinski definition) is 4. The molecule has 0 atom stereocenters. The molecule has 5 nitrogen and oxygen atoms in total.